The minimum atomic E-state index is -0.590. The maximum Gasteiger partial charge on any atom is 0.229 e. The molecule has 1 heterocycles. The van der Waals surface area contributed by atoms with Gasteiger partial charge in [0.2, 0.25) is 5.91 Å². The Balaban J connectivity index is 2.40. The number of nitrogens with two attached hydrogens (primary N) is 1. The molecule has 0 aromatic rings. The van der Waals surface area contributed by atoms with Gasteiger partial charge in [-0.1, -0.05) is 6.92 Å². The van der Waals surface area contributed by atoms with Gasteiger partial charge in [-0.3, -0.25) is 4.79 Å². The van der Waals surface area contributed by atoms with Crippen molar-refractivity contribution in [3.8, 4) is 0 Å². The van der Waals surface area contributed by atoms with Gasteiger partial charge in [-0.05, 0) is 12.8 Å². The Kier molecular flexibility index (Phi) is 4.70. The smallest absolute Gasteiger partial charge is 0.229 e. The lowest BCUT2D eigenvalue weighted by Gasteiger charge is -2.26. The lowest BCUT2D eigenvalue weighted by atomic mass is 9.85. The zero-order valence-electron chi connectivity index (χ0n) is 10.3. The molecule has 1 amide bonds. The van der Waals surface area contributed by atoms with Crippen LogP contribution in [0.1, 0.15) is 13.8 Å². The normalized spacial score (nSPS) is 31.4. The number of methoxy groups -OCH3 is 1. The van der Waals surface area contributed by atoms with Gasteiger partial charge in [0.1, 0.15) is 0 Å². The van der Waals surface area contributed by atoms with Crippen molar-refractivity contribution in [1.29, 1.82) is 0 Å². The highest BCUT2D eigenvalue weighted by atomic mass is 16.5. The van der Waals surface area contributed by atoms with E-state index in [1.807, 2.05) is 13.8 Å². The number of carbonyl (C=O) groups excluding carboxylic acids is 1. The molecule has 5 heteroatoms. The zero-order valence-corrected chi connectivity index (χ0v) is 10.3. The van der Waals surface area contributed by atoms with Crippen LogP contribution in [-0.2, 0) is 14.3 Å². The van der Waals surface area contributed by atoms with Gasteiger partial charge in [-0.25, -0.2) is 0 Å². The van der Waals surface area contributed by atoms with E-state index >= 15 is 0 Å². The van der Waals surface area contributed by atoms with E-state index < -0.39 is 5.41 Å². The maximum atomic E-state index is 12.0. The van der Waals surface area contributed by atoms with Crippen LogP contribution in [0, 0.1) is 11.3 Å². The summed E-state index contributed by atoms with van der Waals surface area (Å²) in [6.45, 7) is 5.98. The maximum absolute atomic E-state index is 12.0. The molecule has 3 N–H and O–H groups in total. The summed E-state index contributed by atoms with van der Waals surface area (Å²) in [5.74, 6) is 0.275. The van der Waals surface area contributed by atoms with Crippen LogP contribution >= 0.6 is 0 Å². The van der Waals surface area contributed by atoms with Gasteiger partial charge in [0.05, 0.1) is 25.2 Å². The quantitative estimate of drug-likeness (QED) is 0.683. The molecule has 1 aliphatic heterocycles. The fourth-order valence-electron chi connectivity index (χ4n) is 1.74. The lowest BCUT2D eigenvalue weighted by Crippen LogP contribution is -2.50. The number of ether oxygens (including phenoxy) is 2. The monoisotopic (exact) mass is 230 g/mol. The third-order valence-electron chi connectivity index (χ3n) is 3.10. The summed E-state index contributed by atoms with van der Waals surface area (Å²) >= 11 is 0. The molecule has 0 saturated carbocycles. The van der Waals surface area contributed by atoms with Crippen LogP contribution in [0.4, 0.5) is 0 Å². The van der Waals surface area contributed by atoms with E-state index in [1.165, 1.54) is 0 Å². The van der Waals surface area contributed by atoms with E-state index in [-0.39, 0.29) is 11.9 Å². The standard InChI is InChI=1S/C11H22N2O3/c1-8(5-15-3)4-13-10(14)11(2)7-16-6-9(11)12/h8-9H,4-7,12H2,1-3H3,(H,13,14). The van der Waals surface area contributed by atoms with Crippen LogP contribution in [0.5, 0.6) is 0 Å². The molecule has 0 radical (unpaired) electrons. The summed E-state index contributed by atoms with van der Waals surface area (Å²) in [7, 11) is 1.65. The number of rotatable bonds is 5. The summed E-state index contributed by atoms with van der Waals surface area (Å²) in [4.78, 5) is 12.0. The number of nitrogens with one attached hydrogen (secondary N) is 1. The molecule has 3 unspecified atom stereocenters. The molecule has 0 aromatic heterocycles. The number of amides is 1. The number of hydrogen-bond acceptors (Lipinski definition) is 4. The fourth-order valence-corrected chi connectivity index (χ4v) is 1.74. The lowest BCUT2D eigenvalue weighted by molar-refractivity contribution is -0.130. The fraction of sp³-hybridized carbons (Fsp3) is 0.909. The van der Waals surface area contributed by atoms with Gasteiger partial charge in [-0.2, -0.15) is 0 Å². The topological polar surface area (TPSA) is 73.6 Å². The summed E-state index contributed by atoms with van der Waals surface area (Å²) < 4.78 is 10.2. The van der Waals surface area contributed by atoms with Crippen molar-refractivity contribution in [1.82, 2.24) is 5.32 Å². The molecule has 1 rings (SSSR count). The molecule has 94 valence electrons. The van der Waals surface area contributed by atoms with Crippen LogP contribution in [0.2, 0.25) is 0 Å². The Bertz CT molecular complexity index is 247. The second-order valence-corrected chi connectivity index (χ2v) is 4.81. The largest absolute Gasteiger partial charge is 0.384 e. The van der Waals surface area contributed by atoms with Crippen LogP contribution in [-0.4, -0.2) is 45.4 Å². The Morgan fingerprint density at radius 1 is 1.75 bits per heavy atom. The first-order chi connectivity index (χ1) is 7.50. The van der Waals surface area contributed by atoms with Gasteiger partial charge in [0.25, 0.3) is 0 Å². The van der Waals surface area contributed by atoms with Gasteiger partial charge < -0.3 is 20.5 Å². The van der Waals surface area contributed by atoms with Crippen LogP contribution in [0.15, 0.2) is 0 Å². The van der Waals surface area contributed by atoms with Crippen LogP contribution in [0.25, 0.3) is 0 Å². The van der Waals surface area contributed by atoms with Crippen molar-refractivity contribution in [2.24, 2.45) is 17.1 Å². The van der Waals surface area contributed by atoms with E-state index in [0.717, 1.165) is 0 Å². The minimum Gasteiger partial charge on any atom is -0.384 e. The van der Waals surface area contributed by atoms with Crippen LogP contribution in [0.3, 0.4) is 0 Å². The van der Waals surface area contributed by atoms with Crippen LogP contribution < -0.4 is 11.1 Å². The first-order valence-corrected chi connectivity index (χ1v) is 5.61. The first-order valence-electron chi connectivity index (χ1n) is 5.61. The van der Waals surface area contributed by atoms with E-state index in [2.05, 4.69) is 5.32 Å². The highest BCUT2D eigenvalue weighted by Crippen LogP contribution is 2.27. The van der Waals surface area contributed by atoms with E-state index in [9.17, 15) is 4.79 Å². The SMILES string of the molecule is COCC(C)CNC(=O)C1(C)COCC1N. The molecule has 0 aliphatic carbocycles. The Hall–Kier alpha value is -0.650. The molecular formula is C11H22N2O3. The van der Waals surface area contributed by atoms with Gasteiger partial charge >= 0.3 is 0 Å². The molecule has 0 bridgehead atoms. The highest BCUT2D eigenvalue weighted by molar-refractivity contribution is 5.83. The summed E-state index contributed by atoms with van der Waals surface area (Å²) in [5.41, 5.74) is 5.28. The molecule has 16 heavy (non-hydrogen) atoms. The number of hydrogen-bond donors (Lipinski definition) is 2. The van der Waals surface area contributed by atoms with Crippen molar-refractivity contribution in [2.45, 2.75) is 19.9 Å². The van der Waals surface area contributed by atoms with Crippen molar-refractivity contribution in [3.63, 3.8) is 0 Å². The van der Waals surface area contributed by atoms with E-state index in [4.69, 9.17) is 15.2 Å². The molecule has 0 spiro atoms. The third-order valence-corrected chi connectivity index (χ3v) is 3.10. The third kappa shape index (κ3) is 2.93. The van der Waals surface area contributed by atoms with Crippen molar-refractivity contribution in [2.75, 3.05) is 33.5 Å². The highest BCUT2D eigenvalue weighted by Gasteiger charge is 2.44. The predicted molar refractivity (Wildman–Crippen MR) is 61.0 cm³/mol. The zero-order chi connectivity index (χ0) is 12.2. The predicted octanol–water partition coefficient (Wildman–Crippen LogP) is -0.251. The second kappa shape index (κ2) is 5.61. The minimum absolute atomic E-state index is 0.0274. The average molecular weight is 230 g/mol. The summed E-state index contributed by atoms with van der Waals surface area (Å²) in [5, 5.41) is 2.90. The van der Waals surface area contributed by atoms with Gasteiger partial charge in [-0.15, -0.1) is 0 Å². The average Bonchev–Trinajstić information content (AvgIpc) is 2.57. The Morgan fingerprint density at radius 2 is 2.44 bits per heavy atom. The summed E-state index contributed by atoms with van der Waals surface area (Å²) in [6, 6.07) is -0.217. The first kappa shape index (κ1) is 13.4. The van der Waals surface area contributed by atoms with Gasteiger partial charge in [0.15, 0.2) is 0 Å². The Morgan fingerprint density at radius 3 is 2.94 bits per heavy atom. The molecule has 1 aliphatic rings. The molecule has 3 atom stereocenters. The van der Waals surface area contributed by atoms with Crippen molar-refractivity contribution in [3.05, 3.63) is 0 Å². The molecular weight excluding hydrogens is 208 g/mol. The van der Waals surface area contributed by atoms with Gasteiger partial charge in [0, 0.05) is 19.7 Å². The van der Waals surface area contributed by atoms with Crippen molar-refractivity contribution >= 4 is 5.91 Å². The van der Waals surface area contributed by atoms with E-state index in [1.54, 1.807) is 7.11 Å². The molecule has 0 aromatic carbocycles. The molecule has 5 nitrogen and oxygen atoms in total. The van der Waals surface area contributed by atoms with E-state index in [0.29, 0.717) is 32.3 Å². The molecule has 1 fully saturated rings. The van der Waals surface area contributed by atoms with Crippen molar-refractivity contribution < 1.29 is 14.3 Å². The molecule has 1 saturated heterocycles. The summed E-state index contributed by atoms with van der Waals surface area (Å²) in [6.07, 6.45) is 0. The number of carbonyl (C=O) groups is 1. The second-order valence-electron chi connectivity index (χ2n) is 4.81. The Labute approximate surface area is 96.7 Å².